The number of nitrogens with zero attached hydrogens (tertiary/aromatic N) is 2. The van der Waals surface area contributed by atoms with Crippen LogP contribution in [0.25, 0.3) is 0 Å². The Hall–Kier alpha value is -0.940. The van der Waals surface area contributed by atoms with Crippen molar-refractivity contribution in [3.63, 3.8) is 0 Å². The van der Waals surface area contributed by atoms with Crippen molar-refractivity contribution in [1.29, 1.82) is 0 Å². The maximum atomic E-state index is 5.84. The van der Waals surface area contributed by atoms with Crippen molar-refractivity contribution in [3.8, 4) is 0 Å². The molecule has 0 radical (unpaired) electrons. The van der Waals surface area contributed by atoms with Crippen LogP contribution in [0.4, 0.5) is 0 Å². The van der Waals surface area contributed by atoms with Crippen LogP contribution in [-0.2, 0) is 10.3 Å². The molecule has 2 fully saturated rings. The lowest BCUT2D eigenvalue weighted by Gasteiger charge is -2.20. The van der Waals surface area contributed by atoms with Gasteiger partial charge in [-0.15, -0.1) is 0 Å². The first kappa shape index (κ1) is 12.1. The third-order valence-electron chi connectivity index (χ3n) is 4.03. The average Bonchev–Trinajstić information content (AvgIpc) is 3.04. The number of hydrogen-bond acceptors (Lipinski definition) is 5. The van der Waals surface area contributed by atoms with Crippen molar-refractivity contribution in [2.24, 2.45) is 0 Å². The standard InChI is InChI=1S/C13H21N3O2/c1-4-14-13(2,3)12-15-11(16-18-12)9-7-8-5-6-10(9)17-8/h8-10,14H,4-7H2,1-3H3. The van der Waals surface area contributed by atoms with Gasteiger partial charge in [0.2, 0.25) is 5.89 Å². The van der Waals surface area contributed by atoms with E-state index in [-0.39, 0.29) is 5.54 Å². The molecule has 2 aliphatic heterocycles. The highest BCUT2D eigenvalue weighted by Gasteiger charge is 2.44. The zero-order valence-electron chi connectivity index (χ0n) is 11.3. The molecule has 0 aliphatic carbocycles. The average molecular weight is 251 g/mol. The van der Waals surface area contributed by atoms with Crippen LogP contribution >= 0.6 is 0 Å². The first-order valence-electron chi connectivity index (χ1n) is 6.84. The molecule has 5 nitrogen and oxygen atoms in total. The van der Waals surface area contributed by atoms with Crippen LogP contribution in [0, 0.1) is 0 Å². The fourth-order valence-corrected chi connectivity index (χ4v) is 3.07. The van der Waals surface area contributed by atoms with Crippen molar-refractivity contribution >= 4 is 0 Å². The summed E-state index contributed by atoms with van der Waals surface area (Å²) in [4.78, 5) is 4.58. The highest BCUT2D eigenvalue weighted by Crippen LogP contribution is 2.43. The van der Waals surface area contributed by atoms with Gasteiger partial charge in [-0.1, -0.05) is 12.1 Å². The Morgan fingerprint density at radius 2 is 2.22 bits per heavy atom. The molecule has 0 saturated carbocycles. The minimum Gasteiger partial charge on any atom is -0.374 e. The number of rotatable bonds is 4. The molecule has 2 saturated heterocycles. The van der Waals surface area contributed by atoms with Crippen LogP contribution in [0.3, 0.4) is 0 Å². The van der Waals surface area contributed by atoms with Gasteiger partial charge in [0.15, 0.2) is 5.82 Å². The van der Waals surface area contributed by atoms with Crippen LogP contribution < -0.4 is 5.32 Å². The van der Waals surface area contributed by atoms with Gasteiger partial charge in [0.05, 0.1) is 23.7 Å². The Labute approximate surface area is 107 Å². The van der Waals surface area contributed by atoms with Gasteiger partial charge in [-0.3, -0.25) is 0 Å². The number of fused-ring (bicyclic) bond motifs is 2. The lowest BCUT2D eigenvalue weighted by atomic mass is 9.89. The third kappa shape index (κ3) is 1.95. The molecule has 2 aliphatic rings. The Kier molecular flexibility index (Phi) is 2.90. The lowest BCUT2D eigenvalue weighted by molar-refractivity contribution is 0.0996. The molecule has 1 N–H and O–H groups in total. The van der Waals surface area contributed by atoms with E-state index in [0.717, 1.165) is 25.2 Å². The number of aromatic nitrogens is 2. The first-order chi connectivity index (χ1) is 8.60. The molecular weight excluding hydrogens is 230 g/mol. The van der Waals surface area contributed by atoms with Crippen LogP contribution in [0.2, 0.25) is 0 Å². The van der Waals surface area contributed by atoms with Gasteiger partial charge in [-0.2, -0.15) is 4.98 Å². The summed E-state index contributed by atoms with van der Waals surface area (Å²) in [6, 6.07) is 0. The Bertz CT molecular complexity index is 430. The highest BCUT2D eigenvalue weighted by molar-refractivity contribution is 5.09. The van der Waals surface area contributed by atoms with Gasteiger partial charge in [0.1, 0.15) is 0 Å². The van der Waals surface area contributed by atoms with Crippen LogP contribution in [0.15, 0.2) is 4.52 Å². The van der Waals surface area contributed by atoms with Gasteiger partial charge in [0.25, 0.3) is 0 Å². The van der Waals surface area contributed by atoms with Gasteiger partial charge in [-0.25, -0.2) is 0 Å². The van der Waals surface area contributed by atoms with E-state index in [4.69, 9.17) is 9.26 Å². The molecule has 5 heteroatoms. The second kappa shape index (κ2) is 4.31. The minimum absolute atomic E-state index is 0.265. The van der Waals surface area contributed by atoms with E-state index < -0.39 is 0 Å². The van der Waals surface area contributed by atoms with E-state index >= 15 is 0 Å². The highest BCUT2D eigenvalue weighted by atomic mass is 16.5. The summed E-state index contributed by atoms with van der Waals surface area (Å²) < 4.78 is 11.3. The smallest absolute Gasteiger partial charge is 0.246 e. The molecule has 3 rings (SSSR count). The zero-order chi connectivity index (χ0) is 12.8. The molecule has 2 bridgehead atoms. The molecule has 3 unspecified atom stereocenters. The molecule has 100 valence electrons. The quantitative estimate of drug-likeness (QED) is 0.886. The molecule has 0 spiro atoms. The van der Waals surface area contributed by atoms with Crippen molar-refractivity contribution in [2.75, 3.05) is 6.54 Å². The molecule has 0 aromatic carbocycles. The molecule has 0 amide bonds. The molecular formula is C13H21N3O2. The summed E-state index contributed by atoms with van der Waals surface area (Å²) >= 11 is 0. The Morgan fingerprint density at radius 1 is 1.39 bits per heavy atom. The van der Waals surface area contributed by atoms with Crippen molar-refractivity contribution in [2.45, 2.75) is 63.7 Å². The van der Waals surface area contributed by atoms with Gasteiger partial charge < -0.3 is 14.6 Å². The second-order valence-corrected chi connectivity index (χ2v) is 5.83. The van der Waals surface area contributed by atoms with E-state index in [1.165, 1.54) is 6.42 Å². The van der Waals surface area contributed by atoms with Crippen LogP contribution in [0.1, 0.15) is 57.7 Å². The largest absolute Gasteiger partial charge is 0.374 e. The van der Waals surface area contributed by atoms with Crippen molar-refractivity contribution in [1.82, 2.24) is 15.5 Å². The molecule has 1 aromatic heterocycles. The molecule has 1 aromatic rings. The lowest BCUT2D eigenvalue weighted by Crippen LogP contribution is -2.36. The fourth-order valence-electron chi connectivity index (χ4n) is 3.07. The number of ether oxygens (including phenoxy) is 1. The summed E-state index contributed by atoms with van der Waals surface area (Å²) in [7, 11) is 0. The second-order valence-electron chi connectivity index (χ2n) is 5.83. The number of hydrogen-bond donors (Lipinski definition) is 1. The zero-order valence-corrected chi connectivity index (χ0v) is 11.3. The van der Waals surface area contributed by atoms with Crippen molar-refractivity contribution in [3.05, 3.63) is 11.7 Å². The molecule has 18 heavy (non-hydrogen) atoms. The third-order valence-corrected chi connectivity index (χ3v) is 4.03. The molecule has 3 heterocycles. The van der Waals surface area contributed by atoms with Crippen molar-refractivity contribution < 1.29 is 9.26 Å². The predicted octanol–water partition coefficient (Wildman–Crippen LogP) is 1.95. The number of nitrogens with one attached hydrogen (secondary N) is 1. The fraction of sp³-hybridized carbons (Fsp3) is 0.846. The van der Waals surface area contributed by atoms with E-state index in [1.807, 2.05) is 0 Å². The van der Waals surface area contributed by atoms with Crippen LogP contribution in [0.5, 0.6) is 0 Å². The Morgan fingerprint density at radius 3 is 2.83 bits per heavy atom. The summed E-state index contributed by atoms with van der Waals surface area (Å²) in [5.41, 5.74) is -0.265. The van der Waals surface area contributed by atoms with E-state index in [1.54, 1.807) is 0 Å². The maximum Gasteiger partial charge on any atom is 0.246 e. The summed E-state index contributed by atoms with van der Waals surface area (Å²) in [6.07, 6.45) is 4.10. The maximum absolute atomic E-state index is 5.84. The molecule has 3 atom stereocenters. The minimum atomic E-state index is -0.265. The monoisotopic (exact) mass is 251 g/mol. The topological polar surface area (TPSA) is 60.2 Å². The van der Waals surface area contributed by atoms with E-state index in [2.05, 4.69) is 36.2 Å². The normalized spacial score (nSPS) is 31.2. The van der Waals surface area contributed by atoms with Gasteiger partial charge in [0, 0.05) is 0 Å². The van der Waals surface area contributed by atoms with Gasteiger partial charge >= 0.3 is 0 Å². The first-order valence-corrected chi connectivity index (χ1v) is 6.84. The summed E-state index contributed by atoms with van der Waals surface area (Å²) in [6.45, 7) is 7.07. The SMILES string of the molecule is CCNC(C)(C)c1nc(C2CC3CCC2O3)no1. The predicted molar refractivity (Wildman–Crippen MR) is 66.3 cm³/mol. The Balaban J connectivity index is 1.77. The van der Waals surface area contributed by atoms with Gasteiger partial charge in [-0.05, 0) is 39.7 Å². The summed E-state index contributed by atoms with van der Waals surface area (Å²) in [5, 5.41) is 7.51. The van der Waals surface area contributed by atoms with Crippen LogP contribution in [-0.4, -0.2) is 28.9 Å². The van der Waals surface area contributed by atoms with E-state index in [0.29, 0.717) is 24.0 Å². The summed E-state index contributed by atoms with van der Waals surface area (Å²) in [5.74, 6) is 1.82. The van der Waals surface area contributed by atoms with E-state index in [9.17, 15) is 0 Å².